The Morgan fingerprint density at radius 3 is 2.46 bits per heavy atom. The second-order valence-electron chi connectivity index (χ2n) is 6.20. The number of benzene rings is 1. The second-order valence-corrected chi connectivity index (χ2v) is 6.20. The number of carbonyl (C=O) groups is 1. The van der Waals surface area contributed by atoms with Gasteiger partial charge < -0.3 is 14.4 Å². The number of likely N-dealkylation sites (tertiary alicyclic amines) is 1. The fourth-order valence-corrected chi connectivity index (χ4v) is 3.21. The van der Waals surface area contributed by atoms with Crippen LogP contribution in [-0.2, 0) is 26.9 Å². The first kappa shape index (κ1) is 17.2. The van der Waals surface area contributed by atoms with Gasteiger partial charge in [0, 0.05) is 19.0 Å². The van der Waals surface area contributed by atoms with E-state index in [0.29, 0.717) is 31.9 Å². The molecule has 0 N–H and O–H groups in total. The van der Waals surface area contributed by atoms with Crippen molar-refractivity contribution in [3.05, 3.63) is 35.4 Å². The van der Waals surface area contributed by atoms with Gasteiger partial charge in [-0.15, -0.1) is 0 Å². The Labute approximate surface area is 138 Å². The summed E-state index contributed by atoms with van der Waals surface area (Å²) in [7, 11) is 0. The largest absolute Gasteiger partial charge is 0.416 e. The van der Waals surface area contributed by atoms with E-state index in [-0.39, 0.29) is 24.5 Å². The SMILES string of the molecule is O=C(Cc1cccc(C(F)(F)F)c1)N1CCC(C2OCCO2)CC1. The summed E-state index contributed by atoms with van der Waals surface area (Å²) in [5.41, 5.74) is -0.332. The second kappa shape index (κ2) is 7.11. The zero-order chi connectivity index (χ0) is 17.2. The maximum absolute atomic E-state index is 12.7. The highest BCUT2D eigenvalue weighted by atomic mass is 19.4. The normalized spacial score (nSPS) is 20.5. The minimum absolute atomic E-state index is 0.00891. The van der Waals surface area contributed by atoms with Gasteiger partial charge in [0.25, 0.3) is 0 Å². The molecule has 0 aliphatic carbocycles. The van der Waals surface area contributed by atoms with Crippen molar-refractivity contribution < 1.29 is 27.4 Å². The van der Waals surface area contributed by atoms with Crippen molar-refractivity contribution in [3.63, 3.8) is 0 Å². The molecule has 2 aliphatic heterocycles. The molecule has 0 saturated carbocycles. The van der Waals surface area contributed by atoms with Gasteiger partial charge in [-0.05, 0) is 24.5 Å². The maximum Gasteiger partial charge on any atom is 0.416 e. The van der Waals surface area contributed by atoms with Gasteiger partial charge in [0.15, 0.2) is 6.29 Å². The smallest absolute Gasteiger partial charge is 0.350 e. The minimum Gasteiger partial charge on any atom is -0.350 e. The highest BCUT2D eigenvalue weighted by Gasteiger charge is 2.32. The van der Waals surface area contributed by atoms with Crippen LogP contribution in [0.5, 0.6) is 0 Å². The molecule has 7 heteroatoms. The number of amides is 1. The van der Waals surface area contributed by atoms with Crippen LogP contribution in [0.3, 0.4) is 0 Å². The van der Waals surface area contributed by atoms with E-state index in [4.69, 9.17) is 9.47 Å². The van der Waals surface area contributed by atoms with Crippen molar-refractivity contribution >= 4 is 5.91 Å². The third-order valence-corrected chi connectivity index (χ3v) is 4.53. The van der Waals surface area contributed by atoms with E-state index in [0.717, 1.165) is 25.0 Å². The number of carbonyl (C=O) groups excluding carboxylic acids is 1. The van der Waals surface area contributed by atoms with Gasteiger partial charge in [0.1, 0.15) is 0 Å². The van der Waals surface area contributed by atoms with Crippen LogP contribution in [0.4, 0.5) is 13.2 Å². The molecular weight excluding hydrogens is 323 g/mol. The van der Waals surface area contributed by atoms with Crippen LogP contribution in [-0.4, -0.2) is 43.4 Å². The van der Waals surface area contributed by atoms with E-state index in [2.05, 4.69) is 0 Å². The molecule has 0 unspecified atom stereocenters. The summed E-state index contributed by atoms with van der Waals surface area (Å²) < 4.78 is 49.2. The molecule has 0 aromatic heterocycles. The molecule has 3 rings (SSSR count). The molecule has 0 bridgehead atoms. The fourth-order valence-electron chi connectivity index (χ4n) is 3.21. The van der Waals surface area contributed by atoms with Crippen LogP contribution < -0.4 is 0 Å². The Kier molecular flexibility index (Phi) is 5.10. The monoisotopic (exact) mass is 343 g/mol. The quantitative estimate of drug-likeness (QED) is 0.847. The first-order valence-corrected chi connectivity index (χ1v) is 8.10. The lowest BCUT2D eigenvalue weighted by Gasteiger charge is -2.34. The molecule has 2 saturated heterocycles. The Balaban J connectivity index is 1.54. The number of hydrogen-bond donors (Lipinski definition) is 0. The summed E-state index contributed by atoms with van der Waals surface area (Å²) >= 11 is 0. The van der Waals surface area contributed by atoms with Crippen LogP contribution in [0, 0.1) is 5.92 Å². The maximum atomic E-state index is 12.7. The minimum atomic E-state index is -4.39. The van der Waals surface area contributed by atoms with Crippen molar-refractivity contribution in [2.45, 2.75) is 31.7 Å². The van der Waals surface area contributed by atoms with Crippen LogP contribution in [0.2, 0.25) is 0 Å². The van der Waals surface area contributed by atoms with Crippen LogP contribution in [0.15, 0.2) is 24.3 Å². The number of hydrogen-bond acceptors (Lipinski definition) is 3. The summed E-state index contributed by atoms with van der Waals surface area (Å²) in [6, 6.07) is 4.96. The molecule has 0 spiro atoms. The summed E-state index contributed by atoms with van der Waals surface area (Å²) in [4.78, 5) is 14.1. The third-order valence-electron chi connectivity index (χ3n) is 4.53. The molecule has 2 fully saturated rings. The predicted octanol–water partition coefficient (Wildman–Crippen LogP) is 2.86. The molecule has 1 aromatic rings. The summed E-state index contributed by atoms with van der Waals surface area (Å²) in [5, 5.41) is 0. The average molecular weight is 343 g/mol. The summed E-state index contributed by atoms with van der Waals surface area (Å²) in [5.74, 6) is 0.145. The van der Waals surface area contributed by atoms with Crippen LogP contribution in [0.1, 0.15) is 24.0 Å². The standard InChI is InChI=1S/C17H20F3NO3/c18-17(19,20)14-3-1-2-12(10-14)11-15(22)21-6-4-13(5-7-21)16-23-8-9-24-16/h1-3,10,13,16H,4-9,11H2. The Bertz CT molecular complexity index is 577. The van der Waals surface area contributed by atoms with Gasteiger partial charge in [-0.1, -0.05) is 18.2 Å². The molecule has 4 nitrogen and oxygen atoms in total. The van der Waals surface area contributed by atoms with Crippen molar-refractivity contribution in [1.82, 2.24) is 4.90 Å². The highest BCUT2D eigenvalue weighted by molar-refractivity contribution is 5.78. The van der Waals surface area contributed by atoms with E-state index in [9.17, 15) is 18.0 Å². The van der Waals surface area contributed by atoms with Gasteiger partial charge in [0.2, 0.25) is 5.91 Å². The van der Waals surface area contributed by atoms with Gasteiger partial charge in [-0.25, -0.2) is 0 Å². The van der Waals surface area contributed by atoms with E-state index in [1.54, 1.807) is 11.0 Å². The lowest BCUT2D eigenvalue weighted by molar-refractivity contribution is -0.138. The predicted molar refractivity (Wildman–Crippen MR) is 80.1 cm³/mol. The number of ether oxygens (including phenoxy) is 2. The lowest BCUT2D eigenvalue weighted by atomic mass is 9.95. The summed E-state index contributed by atoms with van der Waals surface area (Å²) in [6.07, 6.45) is -2.99. The van der Waals surface area contributed by atoms with Crippen molar-refractivity contribution in [2.75, 3.05) is 26.3 Å². The zero-order valence-corrected chi connectivity index (χ0v) is 13.2. The molecule has 2 aliphatic rings. The number of nitrogens with zero attached hydrogens (tertiary/aromatic N) is 1. The Hall–Kier alpha value is -1.60. The molecule has 1 aromatic carbocycles. The van der Waals surface area contributed by atoms with E-state index in [1.807, 2.05) is 0 Å². The summed E-state index contributed by atoms with van der Waals surface area (Å²) in [6.45, 7) is 2.40. The molecule has 0 radical (unpaired) electrons. The molecule has 0 atom stereocenters. The number of piperidine rings is 1. The van der Waals surface area contributed by atoms with Crippen LogP contribution in [0.25, 0.3) is 0 Å². The lowest BCUT2D eigenvalue weighted by Crippen LogP contribution is -2.42. The van der Waals surface area contributed by atoms with Gasteiger partial charge in [-0.3, -0.25) is 4.79 Å². The molecule has 24 heavy (non-hydrogen) atoms. The Morgan fingerprint density at radius 2 is 1.83 bits per heavy atom. The highest BCUT2D eigenvalue weighted by Crippen LogP contribution is 2.30. The first-order valence-electron chi connectivity index (χ1n) is 8.10. The third kappa shape index (κ3) is 4.08. The van der Waals surface area contributed by atoms with E-state index in [1.165, 1.54) is 6.07 Å². The van der Waals surface area contributed by atoms with E-state index < -0.39 is 11.7 Å². The van der Waals surface area contributed by atoms with Crippen LogP contribution >= 0.6 is 0 Å². The van der Waals surface area contributed by atoms with Gasteiger partial charge in [0.05, 0.1) is 25.2 Å². The van der Waals surface area contributed by atoms with Crippen molar-refractivity contribution in [1.29, 1.82) is 0 Å². The number of halogens is 3. The molecule has 2 heterocycles. The average Bonchev–Trinajstić information content (AvgIpc) is 3.09. The molecular formula is C17H20F3NO3. The van der Waals surface area contributed by atoms with Gasteiger partial charge in [-0.2, -0.15) is 13.2 Å². The van der Waals surface area contributed by atoms with E-state index >= 15 is 0 Å². The Morgan fingerprint density at radius 1 is 1.17 bits per heavy atom. The fraction of sp³-hybridized carbons (Fsp3) is 0.588. The van der Waals surface area contributed by atoms with Crippen molar-refractivity contribution in [3.8, 4) is 0 Å². The van der Waals surface area contributed by atoms with Crippen molar-refractivity contribution in [2.24, 2.45) is 5.92 Å². The number of rotatable bonds is 3. The number of alkyl halides is 3. The topological polar surface area (TPSA) is 38.8 Å². The molecule has 132 valence electrons. The zero-order valence-electron chi connectivity index (χ0n) is 13.2. The molecule has 1 amide bonds. The van der Waals surface area contributed by atoms with Gasteiger partial charge >= 0.3 is 6.18 Å². The first-order chi connectivity index (χ1) is 11.4.